The standard InChI is InChI=1S/C16H12N4O7/c1-9-11(3-2-4-12(9)20(25)26)17-15(21)8-18-13-6-5-10(19(23)24)7-14(13)27-16(18)22/h2-7H,8H2,1H3,(H,17,21). The summed E-state index contributed by atoms with van der Waals surface area (Å²) in [4.78, 5) is 44.8. The lowest BCUT2D eigenvalue weighted by Crippen LogP contribution is -2.25. The van der Waals surface area contributed by atoms with Crippen molar-refractivity contribution in [3.8, 4) is 0 Å². The monoisotopic (exact) mass is 372 g/mol. The molecular weight excluding hydrogens is 360 g/mol. The Morgan fingerprint density at radius 3 is 2.59 bits per heavy atom. The minimum absolute atomic E-state index is 0.0199. The SMILES string of the molecule is Cc1c(NC(=O)Cn2c(=O)oc3cc([N+](=O)[O-])ccc32)cccc1[N+](=O)[O-]. The zero-order valence-electron chi connectivity index (χ0n) is 13.9. The quantitative estimate of drug-likeness (QED) is 0.533. The van der Waals surface area contributed by atoms with Crippen molar-refractivity contribution in [1.82, 2.24) is 4.57 Å². The van der Waals surface area contributed by atoms with Gasteiger partial charge in [-0.1, -0.05) is 6.07 Å². The number of hydrogen-bond donors (Lipinski definition) is 1. The maximum absolute atomic E-state index is 12.3. The molecule has 3 rings (SSSR count). The number of carbonyl (C=O) groups excluding carboxylic acids is 1. The van der Waals surface area contributed by atoms with Crippen LogP contribution in [0.25, 0.3) is 11.1 Å². The Balaban J connectivity index is 1.88. The molecule has 0 spiro atoms. The lowest BCUT2D eigenvalue weighted by Gasteiger charge is -2.08. The number of oxazole rings is 1. The largest absolute Gasteiger partial charge is 0.420 e. The third kappa shape index (κ3) is 3.38. The second kappa shape index (κ2) is 6.71. The molecule has 3 aromatic rings. The predicted octanol–water partition coefficient (Wildman–Crippen LogP) is 2.36. The van der Waals surface area contributed by atoms with Crippen LogP contribution in [0, 0.1) is 27.2 Å². The van der Waals surface area contributed by atoms with Crippen molar-refractivity contribution in [2.24, 2.45) is 0 Å². The molecule has 0 atom stereocenters. The van der Waals surface area contributed by atoms with Gasteiger partial charge in [0, 0.05) is 12.1 Å². The predicted molar refractivity (Wildman–Crippen MR) is 93.6 cm³/mol. The van der Waals surface area contributed by atoms with Gasteiger partial charge >= 0.3 is 5.76 Å². The molecule has 1 heterocycles. The normalized spacial score (nSPS) is 10.7. The number of aromatic nitrogens is 1. The lowest BCUT2D eigenvalue weighted by atomic mass is 10.1. The average molecular weight is 372 g/mol. The molecule has 0 unspecified atom stereocenters. The highest BCUT2D eigenvalue weighted by molar-refractivity contribution is 5.92. The summed E-state index contributed by atoms with van der Waals surface area (Å²) in [6, 6.07) is 7.83. The van der Waals surface area contributed by atoms with E-state index in [0.29, 0.717) is 0 Å². The molecule has 0 aliphatic carbocycles. The van der Waals surface area contributed by atoms with Gasteiger partial charge in [0.25, 0.3) is 11.4 Å². The fourth-order valence-corrected chi connectivity index (χ4v) is 2.61. The summed E-state index contributed by atoms with van der Waals surface area (Å²) in [5, 5.41) is 24.3. The molecular formula is C16H12N4O7. The molecule has 1 aromatic heterocycles. The summed E-state index contributed by atoms with van der Waals surface area (Å²) >= 11 is 0. The average Bonchev–Trinajstić information content (AvgIpc) is 2.91. The highest BCUT2D eigenvalue weighted by Crippen LogP contribution is 2.25. The van der Waals surface area contributed by atoms with Gasteiger partial charge in [-0.25, -0.2) is 4.79 Å². The van der Waals surface area contributed by atoms with Crippen LogP contribution in [-0.4, -0.2) is 20.3 Å². The summed E-state index contributed by atoms with van der Waals surface area (Å²) in [7, 11) is 0. The van der Waals surface area contributed by atoms with Crippen molar-refractivity contribution in [2.45, 2.75) is 13.5 Å². The summed E-state index contributed by atoms with van der Waals surface area (Å²) in [6.07, 6.45) is 0. The third-order valence-corrected chi connectivity index (χ3v) is 3.94. The number of fused-ring (bicyclic) bond motifs is 1. The van der Waals surface area contributed by atoms with E-state index in [0.717, 1.165) is 10.6 Å². The maximum Gasteiger partial charge on any atom is 0.420 e. The molecule has 1 amide bonds. The van der Waals surface area contributed by atoms with E-state index < -0.39 is 28.1 Å². The number of hydrogen-bond acceptors (Lipinski definition) is 7. The van der Waals surface area contributed by atoms with E-state index in [4.69, 9.17) is 4.42 Å². The van der Waals surface area contributed by atoms with Gasteiger partial charge in [0.15, 0.2) is 5.58 Å². The second-order valence-corrected chi connectivity index (χ2v) is 5.62. The van der Waals surface area contributed by atoms with Gasteiger partial charge < -0.3 is 9.73 Å². The van der Waals surface area contributed by atoms with Crippen molar-refractivity contribution in [3.63, 3.8) is 0 Å². The van der Waals surface area contributed by atoms with E-state index in [1.165, 1.54) is 37.3 Å². The van der Waals surface area contributed by atoms with Crippen molar-refractivity contribution >= 4 is 34.1 Å². The van der Waals surface area contributed by atoms with Gasteiger partial charge in [0.1, 0.15) is 6.54 Å². The van der Waals surface area contributed by atoms with E-state index in [-0.39, 0.29) is 33.7 Å². The number of amides is 1. The Labute approximate surface area is 150 Å². The van der Waals surface area contributed by atoms with Gasteiger partial charge in [-0.15, -0.1) is 0 Å². The van der Waals surface area contributed by atoms with Crippen LogP contribution < -0.4 is 11.1 Å². The van der Waals surface area contributed by atoms with Crippen LogP contribution in [0.4, 0.5) is 17.1 Å². The number of benzene rings is 2. The zero-order valence-corrected chi connectivity index (χ0v) is 13.9. The van der Waals surface area contributed by atoms with Crippen LogP contribution >= 0.6 is 0 Å². The number of nitro groups is 2. The molecule has 11 heteroatoms. The molecule has 11 nitrogen and oxygen atoms in total. The van der Waals surface area contributed by atoms with Gasteiger partial charge in [-0.3, -0.25) is 29.6 Å². The molecule has 138 valence electrons. The van der Waals surface area contributed by atoms with E-state index in [2.05, 4.69) is 5.32 Å². The van der Waals surface area contributed by atoms with Gasteiger partial charge in [0.05, 0.1) is 32.7 Å². The third-order valence-electron chi connectivity index (χ3n) is 3.94. The van der Waals surface area contributed by atoms with Crippen molar-refractivity contribution in [3.05, 3.63) is 72.7 Å². The minimum atomic E-state index is -0.851. The summed E-state index contributed by atoms with van der Waals surface area (Å²) in [5.41, 5.74) is 0.317. The van der Waals surface area contributed by atoms with Gasteiger partial charge in [0.2, 0.25) is 5.91 Å². The molecule has 0 saturated heterocycles. The van der Waals surface area contributed by atoms with E-state index in [9.17, 15) is 29.8 Å². The van der Waals surface area contributed by atoms with Crippen molar-refractivity contribution in [1.29, 1.82) is 0 Å². The fourth-order valence-electron chi connectivity index (χ4n) is 2.61. The topological polar surface area (TPSA) is 151 Å². The van der Waals surface area contributed by atoms with Crippen molar-refractivity contribution < 1.29 is 19.1 Å². The van der Waals surface area contributed by atoms with Crippen LogP contribution in [0.5, 0.6) is 0 Å². The minimum Gasteiger partial charge on any atom is -0.407 e. The summed E-state index contributed by atoms with van der Waals surface area (Å²) in [5.74, 6) is -1.46. The first kappa shape index (κ1) is 17.8. The molecule has 1 N–H and O–H groups in total. The zero-order chi connectivity index (χ0) is 19.7. The highest BCUT2D eigenvalue weighted by atomic mass is 16.6. The molecule has 0 aliphatic rings. The maximum atomic E-state index is 12.3. The number of non-ortho nitro benzene ring substituents is 1. The first-order chi connectivity index (χ1) is 12.8. The Bertz CT molecular complexity index is 1150. The van der Waals surface area contributed by atoms with Crippen molar-refractivity contribution in [2.75, 3.05) is 5.32 Å². The Hall–Kier alpha value is -4.02. The number of rotatable bonds is 5. The van der Waals surface area contributed by atoms with Crippen LogP contribution in [0.2, 0.25) is 0 Å². The van der Waals surface area contributed by atoms with Crippen LogP contribution in [0.15, 0.2) is 45.6 Å². The first-order valence-electron chi connectivity index (χ1n) is 7.59. The molecule has 27 heavy (non-hydrogen) atoms. The van der Waals surface area contributed by atoms with Crippen LogP contribution in [-0.2, 0) is 11.3 Å². The van der Waals surface area contributed by atoms with E-state index >= 15 is 0 Å². The van der Waals surface area contributed by atoms with E-state index in [1.807, 2.05) is 0 Å². The number of nitrogens with one attached hydrogen (secondary N) is 1. The Kier molecular flexibility index (Phi) is 4.42. The molecule has 0 bridgehead atoms. The number of nitro benzene ring substituents is 2. The number of nitrogens with zero attached hydrogens (tertiary/aromatic N) is 3. The molecule has 0 fully saturated rings. The van der Waals surface area contributed by atoms with Crippen LogP contribution in [0.1, 0.15) is 5.56 Å². The summed E-state index contributed by atoms with van der Waals surface area (Å²) < 4.78 is 5.96. The molecule has 0 radical (unpaired) electrons. The Morgan fingerprint density at radius 1 is 1.19 bits per heavy atom. The lowest BCUT2D eigenvalue weighted by molar-refractivity contribution is -0.385. The Morgan fingerprint density at radius 2 is 1.93 bits per heavy atom. The first-order valence-corrected chi connectivity index (χ1v) is 7.59. The van der Waals surface area contributed by atoms with Crippen LogP contribution in [0.3, 0.4) is 0 Å². The smallest absolute Gasteiger partial charge is 0.407 e. The highest BCUT2D eigenvalue weighted by Gasteiger charge is 2.18. The number of anilines is 1. The number of carbonyl (C=O) groups is 1. The second-order valence-electron chi connectivity index (χ2n) is 5.62. The molecule has 0 saturated carbocycles. The fraction of sp³-hybridized carbons (Fsp3) is 0.125. The molecule has 0 aliphatic heterocycles. The van der Waals surface area contributed by atoms with Gasteiger partial charge in [-0.2, -0.15) is 0 Å². The summed E-state index contributed by atoms with van der Waals surface area (Å²) in [6.45, 7) is 1.07. The van der Waals surface area contributed by atoms with E-state index in [1.54, 1.807) is 0 Å². The van der Waals surface area contributed by atoms with Gasteiger partial charge in [-0.05, 0) is 19.1 Å². The molecule has 2 aromatic carbocycles.